The molecule has 43 heavy (non-hydrogen) atoms. The van der Waals surface area contributed by atoms with E-state index in [1.165, 1.54) is 0 Å². The van der Waals surface area contributed by atoms with Crippen molar-refractivity contribution in [3.8, 4) is 0 Å². The summed E-state index contributed by atoms with van der Waals surface area (Å²) in [7, 11) is 0. The normalized spacial score (nSPS) is 31.1. The number of benzene rings is 1. The van der Waals surface area contributed by atoms with Gasteiger partial charge in [-0.05, 0) is 63.3 Å². The number of hydrogen-bond donors (Lipinski definition) is 2. The molecule has 4 rings (SSSR count). The molecule has 1 aromatic carbocycles. The number of rotatable bonds is 3. The highest BCUT2D eigenvalue weighted by atomic mass is 32.1. The Morgan fingerprint density at radius 3 is 2.42 bits per heavy atom. The first kappa shape index (κ1) is 33.0. The molecule has 0 radical (unpaired) electrons. The summed E-state index contributed by atoms with van der Waals surface area (Å²) < 4.78 is 12.5. The first-order valence-corrected chi connectivity index (χ1v) is 16.2. The third-order valence-electron chi connectivity index (χ3n) is 9.01. The van der Waals surface area contributed by atoms with E-state index in [0.717, 1.165) is 40.2 Å². The van der Waals surface area contributed by atoms with Gasteiger partial charge in [0.15, 0.2) is 0 Å². The molecule has 9 heteroatoms. The van der Waals surface area contributed by atoms with E-state index < -0.39 is 35.6 Å². The number of aromatic nitrogens is 1. The van der Waals surface area contributed by atoms with Crippen molar-refractivity contribution in [3.05, 3.63) is 57.0 Å². The number of cyclic esters (lactones) is 1. The summed E-state index contributed by atoms with van der Waals surface area (Å²) in [5.41, 5.74) is 2.39. The quantitative estimate of drug-likeness (QED) is 0.419. The van der Waals surface area contributed by atoms with Gasteiger partial charge in [0.25, 0.3) is 0 Å². The number of esters is 1. The number of nitrogens with zero attached hydrogens (tertiary/aromatic N) is 2. The van der Waals surface area contributed by atoms with Gasteiger partial charge in [-0.15, -0.1) is 11.3 Å². The second-order valence-corrected chi connectivity index (χ2v) is 14.0. The first-order valence-electron chi connectivity index (χ1n) is 15.3. The number of carbonyl (C=O) groups excluding carboxylic acids is 2. The number of Topliss-reactive ketones (excluding diaryl/α,β-unsaturated/α-hetero) is 1. The van der Waals surface area contributed by atoms with Crippen LogP contribution in [0.4, 0.5) is 0 Å². The topological polar surface area (TPSA) is 118 Å². The molecule has 7 atom stereocenters. The monoisotopic (exact) mass is 610 g/mol. The van der Waals surface area contributed by atoms with Crippen molar-refractivity contribution in [2.75, 3.05) is 0 Å². The van der Waals surface area contributed by atoms with Gasteiger partial charge in [-0.3, -0.25) is 9.59 Å². The molecule has 2 aliphatic rings. The maximum atomic E-state index is 13.4. The van der Waals surface area contributed by atoms with Crippen molar-refractivity contribution >= 4 is 35.1 Å². The lowest BCUT2D eigenvalue weighted by Crippen LogP contribution is -2.46. The third kappa shape index (κ3) is 7.99. The van der Waals surface area contributed by atoms with Crippen molar-refractivity contribution in [2.45, 2.75) is 111 Å². The van der Waals surface area contributed by atoms with E-state index in [-0.39, 0.29) is 30.3 Å². The van der Waals surface area contributed by atoms with Crippen LogP contribution in [0, 0.1) is 31.1 Å². The van der Waals surface area contributed by atoms with Crippen LogP contribution in [0.3, 0.4) is 0 Å². The fourth-order valence-corrected chi connectivity index (χ4v) is 6.50. The molecule has 234 valence electrons. The SMILES string of the molecule is C/C(=C\c1csc(C)n1)[C@@H]1C[C@@H]2OC(c3ccc(C)cc3)=NC2CCC[C@H](C)[C@H](O)[C@@H](C)C(=O)C(C)(C)[C@@H](O)CC(=O)O1. The van der Waals surface area contributed by atoms with E-state index in [1.54, 1.807) is 32.1 Å². The van der Waals surface area contributed by atoms with Crippen LogP contribution in [0.2, 0.25) is 0 Å². The molecule has 2 N–H and O–H groups in total. The predicted molar refractivity (Wildman–Crippen MR) is 169 cm³/mol. The smallest absolute Gasteiger partial charge is 0.309 e. The largest absolute Gasteiger partial charge is 0.472 e. The number of aryl methyl sites for hydroxylation is 2. The van der Waals surface area contributed by atoms with E-state index in [2.05, 4.69) is 4.98 Å². The van der Waals surface area contributed by atoms with Crippen molar-refractivity contribution in [3.63, 3.8) is 0 Å². The molecule has 0 saturated carbocycles. The summed E-state index contributed by atoms with van der Waals surface area (Å²) in [6.07, 6.45) is 1.01. The number of aliphatic hydroxyl groups is 2. The molecule has 0 amide bonds. The van der Waals surface area contributed by atoms with Crippen LogP contribution in [0.5, 0.6) is 0 Å². The number of carbonyl (C=O) groups is 2. The van der Waals surface area contributed by atoms with E-state index >= 15 is 0 Å². The van der Waals surface area contributed by atoms with Gasteiger partial charge >= 0.3 is 5.97 Å². The maximum absolute atomic E-state index is 13.4. The summed E-state index contributed by atoms with van der Waals surface area (Å²) >= 11 is 1.55. The summed E-state index contributed by atoms with van der Waals surface area (Å²) in [6, 6.07) is 7.87. The molecule has 0 spiro atoms. The van der Waals surface area contributed by atoms with E-state index in [1.807, 2.05) is 63.4 Å². The highest BCUT2D eigenvalue weighted by Crippen LogP contribution is 2.34. The fraction of sp³-hybridized carbons (Fsp3) is 0.588. The van der Waals surface area contributed by atoms with Gasteiger partial charge in [0.2, 0.25) is 5.90 Å². The third-order valence-corrected chi connectivity index (χ3v) is 9.80. The van der Waals surface area contributed by atoms with Gasteiger partial charge in [0, 0.05) is 23.3 Å². The zero-order chi connectivity index (χ0) is 31.5. The average molecular weight is 611 g/mol. The summed E-state index contributed by atoms with van der Waals surface area (Å²) in [4.78, 5) is 36.3. The Hall–Kier alpha value is -2.88. The molecule has 8 nitrogen and oxygen atoms in total. The predicted octanol–water partition coefficient (Wildman–Crippen LogP) is 5.84. The minimum absolute atomic E-state index is 0.134. The van der Waals surface area contributed by atoms with Gasteiger partial charge in [-0.25, -0.2) is 9.98 Å². The Morgan fingerprint density at radius 1 is 1.07 bits per heavy atom. The molecule has 1 saturated heterocycles. The molecular formula is C34H46N2O6S. The van der Waals surface area contributed by atoms with Gasteiger partial charge in [-0.1, -0.05) is 51.8 Å². The summed E-state index contributed by atoms with van der Waals surface area (Å²) in [5, 5.41) is 25.0. The van der Waals surface area contributed by atoms with Gasteiger partial charge in [-0.2, -0.15) is 0 Å². The Kier molecular flexibility index (Phi) is 10.6. The molecular weight excluding hydrogens is 564 g/mol. The van der Waals surface area contributed by atoms with Crippen molar-refractivity contribution in [1.82, 2.24) is 4.98 Å². The average Bonchev–Trinajstić information content (AvgIpc) is 3.56. The number of thiazole rings is 1. The van der Waals surface area contributed by atoms with Crippen LogP contribution in [-0.2, 0) is 19.1 Å². The molecule has 2 aromatic rings. The molecule has 0 aliphatic carbocycles. The van der Waals surface area contributed by atoms with Crippen LogP contribution >= 0.6 is 11.3 Å². The van der Waals surface area contributed by atoms with Crippen molar-refractivity contribution in [1.29, 1.82) is 0 Å². The minimum atomic E-state index is -1.27. The zero-order valence-corrected chi connectivity index (χ0v) is 27.2. The van der Waals surface area contributed by atoms with Crippen molar-refractivity contribution < 1.29 is 29.3 Å². The van der Waals surface area contributed by atoms with Crippen LogP contribution < -0.4 is 0 Å². The molecule has 2 aliphatic heterocycles. The highest BCUT2D eigenvalue weighted by molar-refractivity contribution is 7.09. The number of aliphatic imine (C=N–C) groups is 1. The lowest BCUT2D eigenvalue weighted by molar-refractivity contribution is -0.155. The van der Waals surface area contributed by atoms with Crippen LogP contribution in [0.25, 0.3) is 6.08 Å². The second kappa shape index (κ2) is 13.8. The zero-order valence-electron chi connectivity index (χ0n) is 26.4. The van der Waals surface area contributed by atoms with Gasteiger partial charge in [0.05, 0.1) is 40.8 Å². The minimum Gasteiger partial charge on any atom is -0.472 e. The molecule has 3 heterocycles. The Labute approximate surface area is 259 Å². The highest BCUT2D eigenvalue weighted by Gasteiger charge is 2.43. The van der Waals surface area contributed by atoms with E-state index in [9.17, 15) is 19.8 Å². The first-order chi connectivity index (χ1) is 20.3. The number of hydrogen-bond acceptors (Lipinski definition) is 9. The van der Waals surface area contributed by atoms with Crippen LogP contribution in [-0.4, -0.2) is 63.3 Å². The van der Waals surface area contributed by atoms with Gasteiger partial charge in [0.1, 0.15) is 18.0 Å². The molecule has 1 unspecified atom stereocenters. The lowest BCUT2D eigenvalue weighted by Gasteiger charge is -2.34. The number of aliphatic hydroxyl groups excluding tert-OH is 2. The maximum Gasteiger partial charge on any atom is 0.309 e. The fourth-order valence-electron chi connectivity index (χ4n) is 5.93. The Morgan fingerprint density at radius 2 is 1.77 bits per heavy atom. The standard InChI is InChI=1S/C34H46N2O6S/c1-19-11-13-24(14-12-19)33-36-26-10-8-9-20(2)31(39)22(4)32(40)34(6,7)29(37)17-30(38)41-27(16-28(26)42-33)21(3)15-25-18-43-23(5)35-25/h11-15,18,20,22,26-29,31,37,39H,8-10,16-17H2,1-7H3/b21-15+/t20-,22+,26?,27-,28-,29-,31-/m0/s1. The number of ether oxygens (including phenoxy) is 2. The van der Waals surface area contributed by atoms with E-state index in [0.29, 0.717) is 18.7 Å². The van der Waals surface area contributed by atoms with Crippen LogP contribution in [0.15, 0.2) is 40.2 Å². The Bertz CT molecular complexity index is 1350. The second-order valence-electron chi connectivity index (χ2n) is 12.9. The Balaban J connectivity index is 1.67. The lowest BCUT2D eigenvalue weighted by atomic mass is 9.73. The van der Waals surface area contributed by atoms with Crippen molar-refractivity contribution in [2.24, 2.45) is 22.2 Å². The van der Waals surface area contributed by atoms with Crippen LogP contribution in [0.1, 0.15) is 88.6 Å². The van der Waals surface area contributed by atoms with Gasteiger partial charge < -0.3 is 19.7 Å². The number of ketones is 1. The molecule has 0 bridgehead atoms. The van der Waals surface area contributed by atoms with E-state index in [4.69, 9.17) is 14.5 Å². The summed E-state index contributed by atoms with van der Waals surface area (Å²) in [6.45, 7) is 12.8. The number of fused-ring (bicyclic) bond motifs is 1. The molecule has 1 fully saturated rings. The summed E-state index contributed by atoms with van der Waals surface area (Å²) in [5.74, 6) is -1.15. The molecule has 1 aromatic heterocycles.